The van der Waals surface area contributed by atoms with E-state index in [1.807, 2.05) is 30.0 Å². The van der Waals surface area contributed by atoms with Crippen molar-refractivity contribution in [2.45, 2.75) is 19.5 Å². The largest absolute Gasteiger partial charge is 0.370 e. The number of nitrogens with two attached hydrogens (primary N) is 1. The lowest BCUT2D eigenvalue weighted by molar-refractivity contribution is 0.380. The number of aromatic nitrogens is 3. The molecule has 2 aromatic heterocycles. The molecule has 1 saturated heterocycles. The van der Waals surface area contributed by atoms with E-state index in [1.54, 1.807) is 11.3 Å². The number of rotatable bonds is 6. The van der Waals surface area contributed by atoms with Gasteiger partial charge >= 0.3 is 0 Å². The molecule has 0 spiro atoms. The molecule has 146 valence electrons. The van der Waals surface area contributed by atoms with E-state index in [-0.39, 0.29) is 0 Å². The van der Waals surface area contributed by atoms with E-state index in [0.717, 1.165) is 50.1 Å². The van der Waals surface area contributed by atoms with Crippen LogP contribution in [0.15, 0.2) is 59.3 Å². The fraction of sp³-hybridized carbons (Fsp3) is 0.350. The normalized spacial score (nSPS) is 15.2. The van der Waals surface area contributed by atoms with Crippen molar-refractivity contribution in [3.63, 3.8) is 0 Å². The number of benzene rings is 1. The van der Waals surface area contributed by atoms with Crippen LogP contribution in [0, 0.1) is 0 Å². The topological polar surface area (TPSA) is 75.6 Å². The van der Waals surface area contributed by atoms with Gasteiger partial charge in [0, 0.05) is 56.7 Å². The number of hydrogen-bond donors (Lipinski definition) is 1. The van der Waals surface area contributed by atoms with Gasteiger partial charge in [-0.25, -0.2) is 15.0 Å². The molecule has 0 aliphatic carbocycles. The maximum Gasteiger partial charge on any atom is 0.191 e. The van der Waals surface area contributed by atoms with Gasteiger partial charge in [0.15, 0.2) is 11.1 Å². The molecule has 3 heterocycles. The summed E-state index contributed by atoms with van der Waals surface area (Å²) in [6.45, 7) is 4.93. The predicted molar refractivity (Wildman–Crippen MR) is 114 cm³/mol. The summed E-state index contributed by atoms with van der Waals surface area (Å²) >= 11 is 1.68. The molecule has 0 bridgehead atoms. The average molecular weight is 396 g/mol. The Morgan fingerprint density at radius 1 is 1.07 bits per heavy atom. The minimum atomic E-state index is 0.500. The number of anilines is 1. The summed E-state index contributed by atoms with van der Waals surface area (Å²) in [4.78, 5) is 17.9. The molecule has 0 amide bonds. The number of thiazole rings is 1. The molecule has 0 atom stereocenters. The Morgan fingerprint density at radius 2 is 1.89 bits per heavy atom. The van der Waals surface area contributed by atoms with Crippen molar-refractivity contribution in [2.24, 2.45) is 10.7 Å². The number of aryl methyl sites for hydroxylation is 2. The van der Waals surface area contributed by atoms with E-state index in [1.165, 1.54) is 5.56 Å². The van der Waals surface area contributed by atoms with Gasteiger partial charge in [0.2, 0.25) is 0 Å². The molecule has 7 nitrogen and oxygen atoms in total. The maximum atomic E-state index is 6.25. The van der Waals surface area contributed by atoms with Crippen LogP contribution >= 0.6 is 11.3 Å². The molecule has 0 unspecified atom stereocenters. The highest BCUT2D eigenvalue weighted by atomic mass is 32.1. The fourth-order valence-electron chi connectivity index (χ4n) is 3.34. The van der Waals surface area contributed by atoms with Crippen molar-refractivity contribution >= 4 is 22.4 Å². The quantitative estimate of drug-likeness (QED) is 0.512. The lowest BCUT2D eigenvalue weighted by atomic mass is 10.1. The van der Waals surface area contributed by atoms with Gasteiger partial charge in [0.05, 0.1) is 0 Å². The average Bonchev–Trinajstić information content (AvgIpc) is 3.43. The molecule has 3 aromatic rings. The smallest absolute Gasteiger partial charge is 0.191 e. The maximum absolute atomic E-state index is 6.25. The highest BCUT2D eigenvalue weighted by Crippen LogP contribution is 2.18. The zero-order valence-electron chi connectivity index (χ0n) is 15.8. The van der Waals surface area contributed by atoms with Gasteiger partial charge in [0.25, 0.3) is 0 Å². The Labute approximate surface area is 169 Å². The van der Waals surface area contributed by atoms with Crippen LogP contribution in [-0.4, -0.2) is 51.6 Å². The Morgan fingerprint density at radius 3 is 2.64 bits per heavy atom. The first kappa shape index (κ1) is 18.5. The Bertz CT molecular complexity index is 880. The molecule has 1 fully saturated rings. The molecule has 4 rings (SSSR count). The zero-order valence-corrected chi connectivity index (χ0v) is 16.6. The molecule has 0 radical (unpaired) electrons. The molecular formula is C20H25N7S. The third kappa shape index (κ3) is 4.51. The number of piperazine rings is 1. The highest BCUT2D eigenvalue weighted by molar-refractivity contribution is 7.13. The SMILES string of the molecule is NC(=NCc1nccn1CCc1ccccc1)N1CCN(c2nccs2)CC1. The summed E-state index contributed by atoms with van der Waals surface area (Å²) in [5.74, 6) is 1.54. The first-order chi connectivity index (χ1) is 13.8. The zero-order chi connectivity index (χ0) is 19.2. The first-order valence-electron chi connectivity index (χ1n) is 9.53. The Balaban J connectivity index is 1.30. The van der Waals surface area contributed by atoms with Gasteiger partial charge < -0.3 is 20.1 Å². The van der Waals surface area contributed by atoms with E-state index in [9.17, 15) is 0 Å². The van der Waals surface area contributed by atoms with Crippen LogP contribution in [0.25, 0.3) is 0 Å². The van der Waals surface area contributed by atoms with Crippen molar-refractivity contribution in [3.05, 3.63) is 65.7 Å². The number of aliphatic imine (C=N–C) groups is 1. The van der Waals surface area contributed by atoms with Crippen LogP contribution in [0.1, 0.15) is 11.4 Å². The second-order valence-electron chi connectivity index (χ2n) is 6.74. The van der Waals surface area contributed by atoms with E-state index < -0.39 is 0 Å². The van der Waals surface area contributed by atoms with Gasteiger partial charge in [-0.2, -0.15) is 0 Å². The first-order valence-corrected chi connectivity index (χ1v) is 10.4. The van der Waals surface area contributed by atoms with Crippen LogP contribution in [0.4, 0.5) is 5.13 Å². The van der Waals surface area contributed by atoms with E-state index in [2.05, 4.69) is 53.6 Å². The van der Waals surface area contributed by atoms with E-state index >= 15 is 0 Å². The standard InChI is InChI=1S/C20H25N7S/c21-19(26-11-13-27(14-12-26)20-23-8-15-28-20)24-16-18-22-7-10-25(18)9-6-17-4-2-1-3-5-17/h1-5,7-8,10,15H,6,9,11-14,16H2,(H2,21,24). The molecule has 2 N–H and O–H groups in total. The predicted octanol–water partition coefficient (Wildman–Crippen LogP) is 2.22. The van der Waals surface area contributed by atoms with E-state index in [0.29, 0.717) is 12.5 Å². The van der Waals surface area contributed by atoms with Gasteiger partial charge in [-0.15, -0.1) is 11.3 Å². The highest BCUT2D eigenvalue weighted by Gasteiger charge is 2.19. The Hall–Kier alpha value is -2.87. The van der Waals surface area contributed by atoms with Crippen molar-refractivity contribution in [2.75, 3.05) is 31.1 Å². The van der Waals surface area contributed by atoms with Crippen molar-refractivity contribution < 1.29 is 0 Å². The second kappa shape index (κ2) is 8.88. The number of hydrogen-bond acceptors (Lipinski definition) is 5. The van der Waals surface area contributed by atoms with Crippen LogP contribution in [-0.2, 0) is 19.5 Å². The molecule has 1 aliphatic heterocycles. The van der Waals surface area contributed by atoms with Crippen LogP contribution in [0.5, 0.6) is 0 Å². The fourth-order valence-corrected chi connectivity index (χ4v) is 4.04. The molecule has 1 aromatic carbocycles. The third-order valence-electron chi connectivity index (χ3n) is 4.96. The molecule has 8 heteroatoms. The third-order valence-corrected chi connectivity index (χ3v) is 5.79. The van der Waals surface area contributed by atoms with Crippen molar-refractivity contribution in [3.8, 4) is 0 Å². The van der Waals surface area contributed by atoms with Gasteiger partial charge in [-0.05, 0) is 12.0 Å². The van der Waals surface area contributed by atoms with Crippen molar-refractivity contribution in [1.29, 1.82) is 0 Å². The summed E-state index contributed by atoms with van der Waals surface area (Å²) in [7, 11) is 0. The van der Waals surface area contributed by atoms with Crippen molar-refractivity contribution in [1.82, 2.24) is 19.4 Å². The minimum absolute atomic E-state index is 0.500. The van der Waals surface area contributed by atoms with Crippen LogP contribution in [0.2, 0.25) is 0 Å². The minimum Gasteiger partial charge on any atom is -0.370 e. The molecule has 0 saturated carbocycles. The van der Waals surface area contributed by atoms with E-state index in [4.69, 9.17) is 5.73 Å². The summed E-state index contributed by atoms with van der Waals surface area (Å²) in [5.41, 5.74) is 7.57. The lowest BCUT2D eigenvalue weighted by Crippen LogP contribution is -2.51. The number of imidazole rings is 1. The molecular weight excluding hydrogens is 370 g/mol. The monoisotopic (exact) mass is 395 g/mol. The second-order valence-corrected chi connectivity index (χ2v) is 7.61. The van der Waals surface area contributed by atoms with Gasteiger partial charge in [-0.1, -0.05) is 30.3 Å². The Kier molecular flexibility index (Phi) is 5.86. The summed E-state index contributed by atoms with van der Waals surface area (Å²) in [6, 6.07) is 10.5. The number of guanidine groups is 1. The number of nitrogens with zero attached hydrogens (tertiary/aromatic N) is 6. The molecule has 28 heavy (non-hydrogen) atoms. The van der Waals surface area contributed by atoms with Gasteiger partial charge in [0.1, 0.15) is 12.4 Å². The summed E-state index contributed by atoms with van der Waals surface area (Å²) in [6.07, 6.45) is 6.67. The molecule has 1 aliphatic rings. The van der Waals surface area contributed by atoms with Crippen LogP contribution in [0.3, 0.4) is 0 Å². The van der Waals surface area contributed by atoms with Crippen LogP contribution < -0.4 is 10.6 Å². The summed E-state index contributed by atoms with van der Waals surface area (Å²) < 4.78 is 2.16. The lowest BCUT2D eigenvalue weighted by Gasteiger charge is -2.35. The van der Waals surface area contributed by atoms with Gasteiger partial charge in [-0.3, -0.25) is 0 Å². The summed E-state index contributed by atoms with van der Waals surface area (Å²) in [5, 5.41) is 3.09.